The third kappa shape index (κ3) is 4.45. The van der Waals surface area contributed by atoms with E-state index in [9.17, 15) is 14.4 Å². The summed E-state index contributed by atoms with van der Waals surface area (Å²) >= 11 is 1.12. The summed E-state index contributed by atoms with van der Waals surface area (Å²) in [6, 6.07) is 0.367. The van der Waals surface area contributed by atoms with Crippen molar-refractivity contribution in [3.63, 3.8) is 0 Å². The molecule has 114 valence electrons. The van der Waals surface area contributed by atoms with E-state index < -0.39 is 30.9 Å². The normalized spacial score (nSPS) is 13.9. The Morgan fingerprint density at radius 2 is 1.90 bits per heavy atom. The average molecular weight is 314 g/mol. The van der Waals surface area contributed by atoms with Gasteiger partial charge in [0.05, 0.1) is 5.75 Å². The van der Waals surface area contributed by atoms with Crippen molar-refractivity contribution in [2.24, 2.45) is 0 Å². The highest BCUT2D eigenvalue weighted by atomic mass is 32.2. The Morgan fingerprint density at radius 3 is 2.43 bits per heavy atom. The molecule has 0 bridgehead atoms. The first kappa shape index (κ1) is 15.3. The number of amides is 1. The van der Waals surface area contributed by atoms with Crippen molar-refractivity contribution in [2.75, 3.05) is 18.8 Å². The average Bonchev–Trinajstić information content (AvgIpc) is 3.13. The molecule has 9 nitrogen and oxygen atoms in total. The maximum absolute atomic E-state index is 11.9. The molecule has 0 aromatic carbocycles. The lowest BCUT2D eigenvalue weighted by molar-refractivity contribution is -0.148. The van der Waals surface area contributed by atoms with Gasteiger partial charge in [-0.25, -0.2) is 0 Å². The maximum Gasteiger partial charge on any atom is 0.323 e. The molecule has 0 spiro atoms. The molecule has 1 heterocycles. The van der Waals surface area contributed by atoms with Crippen LogP contribution in [-0.4, -0.2) is 66.6 Å². The minimum absolute atomic E-state index is 0.0774. The zero-order valence-electron chi connectivity index (χ0n) is 11.0. The number of carboxylic acids is 2. The molecule has 0 aliphatic heterocycles. The monoisotopic (exact) mass is 314 g/mol. The van der Waals surface area contributed by atoms with Crippen LogP contribution in [0.15, 0.2) is 11.5 Å². The van der Waals surface area contributed by atoms with Crippen LogP contribution < -0.4 is 0 Å². The van der Waals surface area contributed by atoms with E-state index in [0.717, 1.165) is 29.5 Å². The first-order chi connectivity index (χ1) is 9.97. The number of aromatic nitrogens is 3. The van der Waals surface area contributed by atoms with Crippen LogP contribution in [0, 0.1) is 0 Å². The van der Waals surface area contributed by atoms with Gasteiger partial charge in [0.2, 0.25) is 5.91 Å². The predicted molar refractivity (Wildman–Crippen MR) is 70.9 cm³/mol. The lowest BCUT2D eigenvalue weighted by Gasteiger charge is -2.17. The van der Waals surface area contributed by atoms with Crippen LogP contribution in [0.25, 0.3) is 0 Å². The van der Waals surface area contributed by atoms with Crippen LogP contribution in [0.1, 0.15) is 18.9 Å². The number of rotatable bonds is 8. The van der Waals surface area contributed by atoms with Gasteiger partial charge in [-0.15, -0.1) is 10.2 Å². The number of carbonyl (C=O) groups is 3. The van der Waals surface area contributed by atoms with Crippen molar-refractivity contribution >= 4 is 29.6 Å². The minimum atomic E-state index is -1.25. The largest absolute Gasteiger partial charge is 0.480 e. The quantitative estimate of drug-likeness (QED) is 0.627. The zero-order chi connectivity index (χ0) is 15.4. The van der Waals surface area contributed by atoms with Crippen LogP contribution in [0.5, 0.6) is 0 Å². The second-order valence-corrected chi connectivity index (χ2v) is 5.52. The lowest BCUT2D eigenvalue weighted by Crippen LogP contribution is -2.40. The van der Waals surface area contributed by atoms with Gasteiger partial charge in [0.15, 0.2) is 5.16 Å². The number of carbonyl (C=O) groups excluding carboxylic acids is 1. The molecular weight excluding hydrogens is 300 g/mol. The van der Waals surface area contributed by atoms with Crippen molar-refractivity contribution < 1.29 is 24.6 Å². The predicted octanol–water partition coefficient (Wildman–Crippen LogP) is -0.297. The van der Waals surface area contributed by atoms with E-state index >= 15 is 0 Å². The van der Waals surface area contributed by atoms with Gasteiger partial charge in [-0.1, -0.05) is 11.8 Å². The van der Waals surface area contributed by atoms with Crippen LogP contribution in [0.2, 0.25) is 0 Å². The molecular formula is C11H14N4O5S. The molecule has 0 unspecified atom stereocenters. The van der Waals surface area contributed by atoms with E-state index in [2.05, 4.69) is 10.2 Å². The summed E-state index contributed by atoms with van der Waals surface area (Å²) in [6.07, 6.45) is 3.68. The Kier molecular flexibility index (Phi) is 4.78. The molecule has 0 saturated heterocycles. The minimum Gasteiger partial charge on any atom is -0.480 e. The van der Waals surface area contributed by atoms with E-state index in [4.69, 9.17) is 10.2 Å². The standard InChI is InChI=1S/C11H14N4O5S/c16-8(14(3-9(17)18)4-10(19)20)5-21-11-13-12-6-15(11)7-1-2-7/h6-7H,1-5H2,(H,17,18)(H,19,20). The van der Waals surface area contributed by atoms with E-state index in [1.165, 1.54) is 0 Å². The highest BCUT2D eigenvalue weighted by Gasteiger charge is 2.27. The third-order valence-corrected chi connectivity index (χ3v) is 3.75. The van der Waals surface area contributed by atoms with Gasteiger partial charge in [0, 0.05) is 6.04 Å². The van der Waals surface area contributed by atoms with Gasteiger partial charge in [0.1, 0.15) is 19.4 Å². The molecule has 1 aliphatic rings. The van der Waals surface area contributed by atoms with Gasteiger partial charge in [-0.05, 0) is 12.8 Å². The second kappa shape index (κ2) is 6.57. The molecule has 1 aromatic heterocycles. The Morgan fingerprint density at radius 1 is 1.29 bits per heavy atom. The Bertz CT molecular complexity index is 541. The summed E-state index contributed by atoms with van der Waals surface area (Å²) in [6.45, 7) is -1.28. The summed E-state index contributed by atoms with van der Waals surface area (Å²) in [5.41, 5.74) is 0. The molecule has 1 saturated carbocycles. The third-order valence-electron chi connectivity index (χ3n) is 2.81. The number of aliphatic carboxylic acids is 2. The van der Waals surface area contributed by atoms with E-state index in [-0.39, 0.29) is 5.75 Å². The molecule has 1 aliphatic carbocycles. The first-order valence-corrected chi connectivity index (χ1v) is 7.19. The molecule has 0 atom stereocenters. The lowest BCUT2D eigenvalue weighted by atomic mass is 10.4. The van der Waals surface area contributed by atoms with Crippen molar-refractivity contribution in [3.8, 4) is 0 Å². The van der Waals surface area contributed by atoms with Crippen LogP contribution in [0.3, 0.4) is 0 Å². The Hall–Kier alpha value is -2.10. The van der Waals surface area contributed by atoms with Gasteiger partial charge in [0.25, 0.3) is 0 Å². The van der Waals surface area contributed by atoms with Crippen molar-refractivity contribution in [2.45, 2.75) is 24.0 Å². The van der Waals surface area contributed by atoms with E-state index in [0.29, 0.717) is 11.2 Å². The number of carboxylic acid groups (broad SMARTS) is 2. The van der Waals surface area contributed by atoms with Crippen molar-refractivity contribution in [1.82, 2.24) is 19.7 Å². The summed E-state index contributed by atoms with van der Waals surface area (Å²) in [5, 5.41) is 25.7. The van der Waals surface area contributed by atoms with Gasteiger partial charge in [-0.2, -0.15) is 0 Å². The maximum atomic E-state index is 11.9. The van der Waals surface area contributed by atoms with Crippen LogP contribution in [-0.2, 0) is 14.4 Å². The Balaban J connectivity index is 1.92. The van der Waals surface area contributed by atoms with Crippen LogP contribution >= 0.6 is 11.8 Å². The van der Waals surface area contributed by atoms with Gasteiger partial charge >= 0.3 is 11.9 Å². The molecule has 2 rings (SSSR count). The molecule has 1 fully saturated rings. The highest BCUT2D eigenvalue weighted by Crippen LogP contribution is 2.37. The number of thioether (sulfide) groups is 1. The summed E-state index contributed by atoms with van der Waals surface area (Å²) in [7, 11) is 0. The highest BCUT2D eigenvalue weighted by molar-refractivity contribution is 7.99. The molecule has 21 heavy (non-hydrogen) atoms. The molecule has 1 amide bonds. The zero-order valence-corrected chi connectivity index (χ0v) is 11.8. The topological polar surface area (TPSA) is 126 Å². The fourth-order valence-corrected chi connectivity index (χ4v) is 2.60. The summed E-state index contributed by atoms with van der Waals surface area (Å²) in [5.74, 6) is -3.15. The fraction of sp³-hybridized carbons (Fsp3) is 0.545. The smallest absolute Gasteiger partial charge is 0.323 e. The summed E-state index contributed by atoms with van der Waals surface area (Å²) < 4.78 is 1.87. The Labute approximate surface area is 123 Å². The molecule has 0 radical (unpaired) electrons. The molecule has 2 N–H and O–H groups in total. The van der Waals surface area contributed by atoms with Crippen molar-refractivity contribution in [1.29, 1.82) is 0 Å². The molecule has 10 heteroatoms. The van der Waals surface area contributed by atoms with Crippen molar-refractivity contribution in [3.05, 3.63) is 6.33 Å². The fourth-order valence-electron chi connectivity index (χ4n) is 1.71. The van der Waals surface area contributed by atoms with Crippen LogP contribution in [0.4, 0.5) is 0 Å². The van der Waals surface area contributed by atoms with E-state index in [1.54, 1.807) is 6.33 Å². The number of hydrogen-bond donors (Lipinski definition) is 2. The summed E-state index contributed by atoms with van der Waals surface area (Å²) in [4.78, 5) is 34.0. The number of hydrogen-bond acceptors (Lipinski definition) is 6. The second-order valence-electron chi connectivity index (χ2n) is 4.58. The van der Waals surface area contributed by atoms with Gasteiger partial charge < -0.3 is 19.7 Å². The number of nitrogens with zero attached hydrogens (tertiary/aromatic N) is 4. The van der Waals surface area contributed by atoms with Gasteiger partial charge in [-0.3, -0.25) is 14.4 Å². The molecule has 1 aromatic rings. The SMILES string of the molecule is O=C(O)CN(CC(=O)O)C(=O)CSc1nncn1C1CC1. The van der Waals surface area contributed by atoms with E-state index in [1.807, 2.05) is 4.57 Å². The first-order valence-electron chi connectivity index (χ1n) is 6.21.